The van der Waals surface area contributed by atoms with E-state index >= 15 is 0 Å². The molecule has 1 N–H and O–H groups in total. The van der Waals surface area contributed by atoms with Gasteiger partial charge in [-0.15, -0.1) is 48.5 Å². The van der Waals surface area contributed by atoms with Gasteiger partial charge in [-0.1, -0.05) is 119 Å². The first kappa shape index (κ1) is 35.6. The maximum atomic E-state index is 11.6. The molecule has 252 valence electrons. The van der Waals surface area contributed by atoms with Crippen molar-refractivity contribution in [1.29, 1.82) is 0 Å². The van der Waals surface area contributed by atoms with Crippen molar-refractivity contribution in [2.75, 3.05) is 0 Å². The molecule has 0 spiro atoms. The minimum atomic E-state index is -1.01. The van der Waals surface area contributed by atoms with Crippen LogP contribution in [0.3, 0.4) is 0 Å². The Hall–Kier alpha value is -6.20. The predicted octanol–water partition coefficient (Wildman–Crippen LogP) is 10.2. The van der Waals surface area contributed by atoms with Crippen LogP contribution in [-0.4, -0.2) is 21.0 Å². The Morgan fingerprint density at radius 1 is 0.654 bits per heavy atom. The molecule has 8 rings (SSSR count). The molecule has 0 aliphatic carbocycles. The molecule has 52 heavy (non-hydrogen) atoms. The largest absolute Gasteiger partial charge is 3.00 e. The van der Waals surface area contributed by atoms with Gasteiger partial charge in [-0.05, 0) is 58.7 Å². The van der Waals surface area contributed by atoms with E-state index in [0.717, 1.165) is 61.3 Å². The Morgan fingerprint density at radius 2 is 1.35 bits per heavy atom. The molecule has 3 heterocycles. The van der Waals surface area contributed by atoms with Crippen LogP contribution in [0.15, 0.2) is 164 Å². The van der Waals surface area contributed by atoms with Crippen LogP contribution in [0.4, 0.5) is 0 Å². The fourth-order valence-corrected chi connectivity index (χ4v) is 5.98. The zero-order valence-corrected chi connectivity index (χ0v) is 30.7. The molecule has 5 aromatic carbocycles. The number of hydrogen-bond donors (Lipinski definition) is 1. The van der Waals surface area contributed by atoms with Crippen LogP contribution < -0.4 is 4.57 Å². The zero-order chi connectivity index (χ0) is 35.2. The summed E-state index contributed by atoms with van der Waals surface area (Å²) in [5, 5.41) is 11.8. The molecule has 0 radical (unpaired) electrons. The van der Waals surface area contributed by atoms with Gasteiger partial charge in [0.2, 0.25) is 0 Å². The average molecular weight is 852 g/mol. The Bertz CT molecular complexity index is 2390. The zero-order valence-electron chi connectivity index (χ0n) is 28.3. The smallest absolute Gasteiger partial charge is 0.483 e. The second-order valence-electron chi connectivity index (χ2n) is 12.0. The van der Waals surface area contributed by atoms with E-state index < -0.39 is 5.97 Å². The summed E-state index contributed by atoms with van der Waals surface area (Å²) in [6, 6.07) is 56.7. The molecule has 0 saturated heterocycles. The number of carbonyl (C=O) groups is 1. The van der Waals surface area contributed by atoms with Crippen LogP contribution >= 0.6 is 0 Å². The molecule has 0 atom stereocenters. The molecule has 8 aromatic rings. The molecule has 0 saturated carbocycles. The predicted molar refractivity (Wildman–Crippen MR) is 203 cm³/mol. The van der Waals surface area contributed by atoms with Crippen LogP contribution in [0.5, 0.6) is 0 Å². The van der Waals surface area contributed by atoms with Crippen molar-refractivity contribution in [2.24, 2.45) is 0 Å². The summed E-state index contributed by atoms with van der Waals surface area (Å²) in [7, 11) is 3.88. The number of carboxylic acid groups (broad SMARTS) is 1. The van der Waals surface area contributed by atoms with Gasteiger partial charge in [-0.25, -0.2) is 0 Å². The van der Waals surface area contributed by atoms with Gasteiger partial charge in [-0.3, -0.25) is 14.8 Å². The number of pyridine rings is 3. The van der Waals surface area contributed by atoms with Crippen molar-refractivity contribution in [1.82, 2.24) is 9.97 Å². The summed E-state index contributed by atoms with van der Waals surface area (Å²) in [6.07, 6.45) is 3.68. The minimum Gasteiger partial charge on any atom is -0.483 e. The van der Waals surface area contributed by atoms with E-state index in [1.165, 1.54) is 9.95 Å². The molecule has 0 bridgehead atoms. The Morgan fingerprint density at radius 3 is 2.08 bits per heavy atom. The third-order valence-electron chi connectivity index (χ3n) is 8.60. The first-order chi connectivity index (χ1) is 24.9. The van der Waals surface area contributed by atoms with Crippen LogP contribution in [0.25, 0.3) is 66.8 Å². The van der Waals surface area contributed by atoms with E-state index in [0.29, 0.717) is 5.69 Å². The van der Waals surface area contributed by atoms with Crippen LogP contribution in [0, 0.1) is 26.1 Å². The molecule has 0 aliphatic rings. The van der Waals surface area contributed by atoms with Crippen molar-refractivity contribution in [2.45, 2.75) is 6.92 Å². The SMILES string of the molecule is [CH2-][n+]1c(C(=O)O)cc(-c2ccc(C)cc2)cc1-c1[c-]cccc1.[Ir+3].[c-]1c(-c2ccccn2)cc(-c2ccccc2)cc1-c1nccc2ccccc12. The summed E-state index contributed by atoms with van der Waals surface area (Å²) < 4.78 is 1.44. The number of aromatic nitrogens is 3. The first-order valence-electron chi connectivity index (χ1n) is 16.5. The van der Waals surface area contributed by atoms with Crippen molar-refractivity contribution in [3.8, 4) is 56.0 Å². The quantitative estimate of drug-likeness (QED) is 0.134. The van der Waals surface area contributed by atoms with Crippen molar-refractivity contribution in [3.05, 3.63) is 194 Å². The Kier molecular flexibility index (Phi) is 11.1. The number of fused-ring (bicyclic) bond motifs is 1. The fraction of sp³-hybridized carbons (Fsp3) is 0.0217. The van der Waals surface area contributed by atoms with Crippen molar-refractivity contribution in [3.63, 3.8) is 0 Å². The summed E-state index contributed by atoms with van der Waals surface area (Å²) in [4.78, 5) is 20.8. The maximum Gasteiger partial charge on any atom is 3.00 e. The van der Waals surface area contributed by atoms with Gasteiger partial charge in [0.1, 0.15) is 5.69 Å². The Labute approximate surface area is 317 Å². The fourth-order valence-electron chi connectivity index (χ4n) is 5.98. The van der Waals surface area contributed by atoms with Gasteiger partial charge < -0.3 is 9.67 Å². The van der Waals surface area contributed by atoms with Gasteiger partial charge in [0.25, 0.3) is 0 Å². The topological polar surface area (TPSA) is 67.0 Å². The van der Waals surface area contributed by atoms with Crippen molar-refractivity contribution < 1.29 is 34.6 Å². The summed E-state index contributed by atoms with van der Waals surface area (Å²) in [5.74, 6) is -1.01. The van der Waals surface area contributed by atoms with Gasteiger partial charge in [0.05, 0.1) is 0 Å². The molecular formula is C46H33IrN3O2+. The number of hydrogen-bond acceptors (Lipinski definition) is 3. The molecule has 5 nitrogen and oxygen atoms in total. The van der Waals surface area contributed by atoms with Crippen LogP contribution in [0.1, 0.15) is 16.1 Å². The normalized spacial score (nSPS) is 10.5. The van der Waals surface area contributed by atoms with Gasteiger partial charge in [-0.2, -0.15) is 0 Å². The summed E-state index contributed by atoms with van der Waals surface area (Å²) in [5.41, 5.74) is 10.7. The molecule has 0 aliphatic heterocycles. The molecule has 0 amide bonds. The third kappa shape index (κ3) is 7.90. The van der Waals surface area contributed by atoms with E-state index in [1.807, 2.05) is 104 Å². The molecule has 3 aromatic heterocycles. The number of carboxylic acids is 1. The van der Waals surface area contributed by atoms with E-state index in [-0.39, 0.29) is 25.8 Å². The molecule has 0 unspecified atom stereocenters. The second-order valence-corrected chi connectivity index (χ2v) is 12.0. The van der Waals surface area contributed by atoms with Crippen LogP contribution in [0.2, 0.25) is 0 Å². The Balaban J connectivity index is 0.000000179. The monoisotopic (exact) mass is 852 g/mol. The minimum absolute atomic E-state index is 0. The van der Waals surface area contributed by atoms with Gasteiger partial charge >= 0.3 is 26.1 Å². The van der Waals surface area contributed by atoms with E-state index in [2.05, 4.69) is 78.8 Å². The van der Waals surface area contributed by atoms with Crippen molar-refractivity contribution >= 4 is 16.7 Å². The molecular weight excluding hydrogens is 819 g/mol. The first-order valence-corrected chi connectivity index (χ1v) is 16.5. The number of nitrogens with zero attached hydrogens (tertiary/aromatic N) is 3. The maximum absolute atomic E-state index is 11.6. The van der Waals surface area contributed by atoms with Gasteiger partial charge in [0, 0.05) is 30.8 Å². The van der Waals surface area contributed by atoms with Crippen LogP contribution in [-0.2, 0) is 20.1 Å². The summed E-state index contributed by atoms with van der Waals surface area (Å²) >= 11 is 0. The van der Waals surface area contributed by atoms with E-state index in [1.54, 1.807) is 12.1 Å². The van der Waals surface area contributed by atoms with Gasteiger partial charge in [0.15, 0.2) is 5.69 Å². The van der Waals surface area contributed by atoms with E-state index in [9.17, 15) is 9.90 Å². The number of aromatic carboxylic acids is 1. The molecule has 6 heteroatoms. The second kappa shape index (κ2) is 16.2. The standard InChI is InChI=1S/C26H17N2.C20H16NO2.Ir/c1-2-8-19(9-3-1)21-16-22(25-12-6-7-14-27-25)18-23(17-21)26-24-11-5-4-10-20(24)13-15-28-26;1-14-8-10-15(11-9-14)17-12-18(16-6-4-3-5-7-16)21(2)19(13-17)20(22)23;/h1-17H;3-6,8-13H,2H2,1H3,(H,22,23);/q2*-1;+3. The number of aryl methyl sites for hydroxylation is 1. The summed E-state index contributed by atoms with van der Waals surface area (Å²) in [6.45, 7) is 2.02. The third-order valence-corrected chi connectivity index (χ3v) is 8.60. The average Bonchev–Trinajstić information content (AvgIpc) is 3.19. The molecule has 0 fully saturated rings. The number of rotatable bonds is 6. The number of benzene rings is 5. The van der Waals surface area contributed by atoms with E-state index in [4.69, 9.17) is 4.98 Å².